The van der Waals surface area contributed by atoms with Crippen LogP contribution in [0.4, 0.5) is 0 Å². The van der Waals surface area contributed by atoms with Crippen LogP contribution in [0.2, 0.25) is 20.1 Å². The normalized spacial score (nSPS) is 25.5. The largest absolute Gasteiger partial charge is 0.350 e. The van der Waals surface area contributed by atoms with E-state index in [-0.39, 0.29) is 71.7 Å². The molecule has 22 heteroatoms. The van der Waals surface area contributed by atoms with E-state index in [1.165, 1.54) is 63.4 Å². The van der Waals surface area contributed by atoms with Crippen LogP contribution in [0.3, 0.4) is 0 Å². The maximum absolute atomic E-state index is 13.8. The maximum atomic E-state index is 13.8. The molecule has 6 fully saturated rings. The summed E-state index contributed by atoms with van der Waals surface area (Å²) in [6.45, 7) is 26.2. The number of benzene rings is 5. The molecule has 0 aromatic heterocycles. The van der Waals surface area contributed by atoms with Crippen LogP contribution in [0, 0.1) is 35.5 Å². The summed E-state index contributed by atoms with van der Waals surface area (Å²) in [6.07, 6.45) is 17.6. The van der Waals surface area contributed by atoms with Crippen LogP contribution in [-0.4, -0.2) is 189 Å². The molecule has 2 saturated carbocycles. The van der Waals surface area contributed by atoms with E-state index in [0.29, 0.717) is 113 Å². The number of fused-ring (bicyclic) bond motifs is 1. The molecule has 11 rings (SSSR count). The van der Waals surface area contributed by atoms with Gasteiger partial charge < -0.3 is 62.6 Å². The van der Waals surface area contributed by atoms with Gasteiger partial charge in [0.1, 0.15) is 0 Å². The van der Waals surface area contributed by atoms with Crippen LogP contribution < -0.4 is 43.0 Å². The molecule has 6 aliphatic rings. The highest BCUT2D eigenvalue weighted by atomic mass is 35.5. The summed E-state index contributed by atoms with van der Waals surface area (Å²) in [6, 6.07) is 33.7. The van der Waals surface area contributed by atoms with E-state index < -0.39 is 0 Å². The molecule has 4 heterocycles. The highest BCUT2D eigenvalue weighted by molar-refractivity contribution is 6.42. The molecule has 11 atom stereocenters. The second-order valence-corrected chi connectivity index (χ2v) is 34.1. The maximum Gasteiger partial charge on any atom is 0.251 e. The molecule has 592 valence electrons. The van der Waals surface area contributed by atoms with Crippen LogP contribution in [0.15, 0.2) is 109 Å². The van der Waals surface area contributed by atoms with Gasteiger partial charge in [-0.2, -0.15) is 0 Å². The summed E-state index contributed by atoms with van der Waals surface area (Å²) in [7, 11) is 0. The molecule has 5 aromatic carbocycles. The number of halogens is 4. The van der Waals surface area contributed by atoms with Crippen LogP contribution in [-0.2, 0) is 14.4 Å². The summed E-state index contributed by atoms with van der Waals surface area (Å²) in [5.74, 6) is 4.46. The van der Waals surface area contributed by atoms with Gasteiger partial charge in [0.15, 0.2) is 0 Å². The van der Waals surface area contributed by atoms with E-state index in [2.05, 4.69) is 125 Å². The molecule has 18 nitrogen and oxygen atoms in total. The fraction of sp³-hybridized carbons (Fsp3) is 0.605. The SMILES string of the molecule is CC1CC(C)CC(CN2CC[C@@H](CNC(=O)c3ccc(Cl)c(Cl)c3)N[C@@H](CCN3CCCCC3)C2=O)C1.CC1CC(C)CC(CN2CC[C@@H](CNC(=O)c3ccc(Cl)c(Cl)c3)N[C@@H](CCNC(C)C)C2=O)C1.CC[C@H](CN1CC[C@@H](CNC(=O)c2ccc3ccccc3c2)N[C@@H](CCCN)C1=O)c1ccccc1. The first-order chi connectivity index (χ1) is 52.0. The van der Waals surface area contributed by atoms with Gasteiger partial charge >= 0.3 is 0 Å². The number of hydrogen-bond acceptors (Lipinski definition) is 12. The minimum atomic E-state index is -0.285. The van der Waals surface area contributed by atoms with Crippen molar-refractivity contribution in [3.05, 3.63) is 152 Å². The Kier molecular flexibility index (Phi) is 34.9. The fourth-order valence-electron chi connectivity index (χ4n) is 17.4. The zero-order valence-electron chi connectivity index (χ0n) is 65.2. The highest BCUT2D eigenvalue weighted by Crippen LogP contribution is 2.36. The van der Waals surface area contributed by atoms with Gasteiger partial charge in [-0.05, 0) is 229 Å². The van der Waals surface area contributed by atoms with Crippen molar-refractivity contribution < 1.29 is 28.8 Å². The summed E-state index contributed by atoms with van der Waals surface area (Å²) in [5, 5.41) is 27.1. The van der Waals surface area contributed by atoms with Crippen molar-refractivity contribution in [1.82, 2.24) is 56.8 Å². The van der Waals surface area contributed by atoms with Gasteiger partial charge in [0.25, 0.3) is 17.7 Å². The number of rotatable bonds is 27. The zero-order valence-corrected chi connectivity index (χ0v) is 68.2. The quantitative estimate of drug-likeness (QED) is 0.0246. The Morgan fingerprint density at radius 2 is 0.935 bits per heavy atom. The van der Waals surface area contributed by atoms with Crippen molar-refractivity contribution in [2.45, 2.75) is 206 Å². The van der Waals surface area contributed by atoms with Crippen molar-refractivity contribution in [1.29, 1.82) is 0 Å². The molecule has 6 amide bonds. The number of carbonyl (C=O) groups is 6. The van der Waals surface area contributed by atoms with Gasteiger partial charge in [0.05, 0.1) is 38.2 Å². The van der Waals surface area contributed by atoms with Gasteiger partial charge in [-0.3, -0.25) is 28.8 Å². The third-order valence-electron chi connectivity index (χ3n) is 22.9. The Balaban J connectivity index is 0.000000187. The predicted molar refractivity (Wildman–Crippen MR) is 441 cm³/mol. The van der Waals surface area contributed by atoms with Gasteiger partial charge in [-0.1, -0.05) is 162 Å². The number of nitrogens with zero attached hydrogens (tertiary/aromatic N) is 4. The van der Waals surface area contributed by atoms with E-state index >= 15 is 0 Å². The molecule has 0 spiro atoms. The Hall–Kier alpha value is -5.90. The van der Waals surface area contributed by atoms with E-state index in [1.54, 1.807) is 36.4 Å². The molecule has 9 N–H and O–H groups in total. The van der Waals surface area contributed by atoms with Crippen LogP contribution in [0.5, 0.6) is 0 Å². The lowest BCUT2D eigenvalue weighted by Crippen LogP contribution is -2.50. The van der Waals surface area contributed by atoms with Crippen molar-refractivity contribution in [2.75, 3.05) is 91.6 Å². The fourth-order valence-corrected chi connectivity index (χ4v) is 18.0. The van der Waals surface area contributed by atoms with Gasteiger partial charge in [-0.25, -0.2) is 0 Å². The molecule has 0 bridgehead atoms. The minimum absolute atomic E-state index is 0.0166. The Bertz CT molecular complexity index is 3660. The molecular formula is C86H124Cl4N12O6. The lowest BCUT2D eigenvalue weighted by molar-refractivity contribution is -0.134. The highest BCUT2D eigenvalue weighted by Gasteiger charge is 2.38. The summed E-state index contributed by atoms with van der Waals surface area (Å²) in [4.78, 5) is 87.9. The Morgan fingerprint density at radius 3 is 1.41 bits per heavy atom. The summed E-state index contributed by atoms with van der Waals surface area (Å²) < 4.78 is 0. The monoisotopic (exact) mass is 1560 g/mol. The third kappa shape index (κ3) is 26.9. The lowest BCUT2D eigenvalue weighted by atomic mass is 9.76. The van der Waals surface area contributed by atoms with Gasteiger partial charge in [-0.15, -0.1) is 0 Å². The smallest absolute Gasteiger partial charge is 0.251 e. The second kappa shape index (κ2) is 43.8. The van der Waals surface area contributed by atoms with Crippen molar-refractivity contribution in [3.63, 3.8) is 0 Å². The number of nitrogens with two attached hydrogens (primary N) is 1. The molecule has 4 aliphatic heterocycles. The molecule has 2 aliphatic carbocycles. The number of carbonyl (C=O) groups excluding carboxylic acids is 6. The number of piperidine rings is 1. The van der Waals surface area contributed by atoms with Crippen molar-refractivity contribution in [2.24, 2.45) is 41.2 Å². The number of likely N-dealkylation sites (tertiary alicyclic amines) is 1. The van der Waals surface area contributed by atoms with Gasteiger partial charge in [0.2, 0.25) is 17.7 Å². The first-order valence-electron chi connectivity index (χ1n) is 40.6. The van der Waals surface area contributed by atoms with E-state index in [0.717, 1.165) is 125 Å². The van der Waals surface area contributed by atoms with Crippen LogP contribution >= 0.6 is 46.4 Å². The number of amides is 6. The summed E-state index contributed by atoms with van der Waals surface area (Å²) >= 11 is 24.2. The first-order valence-corrected chi connectivity index (χ1v) is 42.1. The number of hydrogen-bond donors (Lipinski definition) is 8. The number of nitrogens with one attached hydrogen (secondary N) is 7. The topological polar surface area (TPSA) is 226 Å². The molecule has 0 radical (unpaired) electrons. The van der Waals surface area contributed by atoms with Crippen LogP contribution in [0.1, 0.15) is 200 Å². The Labute approximate surface area is 664 Å². The van der Waals surface area contributed by atoms with E-state index in [4.69, 9.17) is 52.1 Å². The summed E-state index contributed by atoms with van der Waals surface area (Å²) in [5.41, 5.74) is 8.65. The average molecular weight is 1560 g/mol. The molecule has 4 saturated heterocycles. The molecular weight excluding hydrogens is 1440 g/mol. The standard InChI is InChI=1S/C30H38N4O2.C29H44Cl2N4O2.C27H42Cl2N4O2/c1-2-22(23-9-4-3-5-10-23)21-34-18-16-27(33-28(30(34)36)13-8-17-31)20-32-29(35)26-15-14-24-11-6-7-12-25(24)19-26;1-20-14-21(2)16-22(15-20)19-35-13-8-24(18-32-28(36)23-6-7-25(30)26(31)17-23)33-27(29(35)37)9-12-34-10-4-3-5-11-34;1-17(2)30-9-7-25-27(35)33(16-20-12-18(3)11-19(4)13-20)10-8-22(32-25)15-31-26(34)21-5-6-23(28)24(29)14-21/h3-7,9-12,14-15,19,22,27-28,33H,2,8,13,16-18,20-21,31H2,1H3,(H,32,35);6-7,17,20-22,24,27,33H,3-5,8-16,18-19H2,1-2H3,(H,32,36);5-6,14,17-20,22,25,30,32H,7-13,15-16H2,1-4H3,(H,31,34)/t22-,27+,28+;20?,21?,22?,24-,27-;18?,19?,20?,22-,25-/m100/s1. The predicted octanol–water partition coefficient (Wildman–Crippen LogP) is 14.0. The molecule has 4 unspecified atom stereocenters. The van der Waals surface area contributed by atoms with E-state index in [9.17, 15) is 28.8 Å². The second-order valence-electron chi connectivity index (χ2n) is 32.5. The van der Waals surface area contributed by atoms with Crippen molar-refractivity contribution in [3.8, 4) is 0 Å². The zero-order chi connectivity index (χ0) is 77.2. The lowest BCUT2D eigenvalue weighted by Gasteiger charge is -2.35. The minimum Gasteiger partial charge on any atom is -0.350 e. The molecule has 5 aromatic rings. The van der Waals surface area contributed by atoms with Gasteiger partial charge in [0, 0.05) is 112 Å². The molecule has 108 heavy (non-hydrogen) atoms. The van der Waals surface area contributed by atoms with Crippen LogP contribution in [0.25, 0.3) is 10.8 Å². The van der Waals surface area contributed by atoms with E-state index in [1.807, 2.05) is 53.4 Å². The third-order valence-corrected chi connectivity index (χ3v) is 24.3. The Morgan fingerprint density at radius 1 is 0.500 bits per heavy atom. The first kappa shape index (κ1) is 86.1. The average Bonchev–Trinajstić information content (AvgIpc) is 1.42. The van der Waals surface area contributed by atoms with Crippen molar-refractivity contribution >= 4 is 92.6 Å².